The van der Waals surface area contributed by atoms with Crippen LogP contribution in [0, 0.1) is 0 Å². The van der Waals surface area contributed by atoms with E-state index in [2.05, 4.69) is 0 Å². The fourth-order valence-corrected chi connectivity index (χ4v) is 0.811. The molecule has 0 bridgehead atoms. The zero-order valence-electron chi connectivity index (χ0n) is 6.07. The second kappa shape index (κ2) is 2.57. The molecule has 11 heavy (non-hydrogen) atoms. The fourth-order valence-electron chi connectivity index (χ4n) is 0.811. The van der Waals surface area contributed by atoms with Gasteiger partial charge in [-0.15, -0.1) is 0 Å². The van der Waals surface area contributed by atoms with E-state index in [0.717, 1.165) is 0 Å². The quantitative estimate of drug-likeness (QED) is 0.588. The fraction of sp³-hybridized carbons (Fsp3) is 0.143. The molecule has 0 aromatic carbocycles. The smallest absolute Gasteiger partial charge is 0.265 e. The number of primary amides is 1. The Morgan fingerprint density at radius 3 is 2.64 bits per heavy atom. The summed E-state index contributed by atoms with van der Waals surface area (Å²) in [5.41, 5.74) is 4.97. The van der Waals surface area contributed by atoms with Crippen LogP contribution in [0.2, 0.25) is 0 Å². The van der Waals surface area contributed by atoms with E-state index < -0.39 is 5.91 Å². The van der Waals surface area contributed by atoms with Gasteiger partial charge in [0.15, 0.2) is 0 Å². The van der Waals surface area contributed by atoms with Crippen LogP contribution in [0.4, 0.5) is 0 Å². The zero-order valence-corrected chi connectivity index (χ0v) is 6.07. The molecule has 0 saturated carbocycles. The highest BCUT2D eigenvalue weighted by Crippen LogP contribution is 1.90. The van der Waals surface area contributed by atoms with Gasteiger partial charge in [0.2, 0.25) is 0 Å². The number of amides is 1. The molecule has 1 amide bonds. The highest BCUT2D eigenvalue weighted by molar-refractivity contribution is 5.90. The number of carbonyl (C=O) groups excluding carboxylic acids is 1. The third kappa shape index (κ3) is 1.29. The Hall–Kier alpha value is -1.58. The lowest BCUT2D eigenvalue weighted by Crippen LogP contribution is -2.25. The van der Waals surface area contributed by atoms with Gasteiger partial charge in [0.25, 0.3) is 11.5 Å². The van der Waals surface area contributed by atoms with Crippen molar-refractivity contribution in [3.8, 4) is 0 Å². The van der Waals surface area contributed by atoms with Crippen LogP contribution in [-0.2, 0) is 7.05 Å². The molecule has 58 valence electrons. The van der Waals surface area contributed by atoms with Gasteiger partial charge in [-0.25, -0.2) is 0 Å². The van der Waals surface area contributed by atoms with Crippen molar-refractivity contribution < 1.29 is 4.79 Å². The van der Waals surface area contributed by atoms with Gasteiger partial charge in [0, 0.05) is 13.1 Å². The monoisotopic (exact) mass is 152 g/mol. The van der Waals surface area contributed by atoms with Crippen LogP contribution in [0.3, 0.4) is 0 Å². The first-order valence-electron chi connectivity index (χ1n) is 3.09. The molecule has 0 fully saturated rings. The van der Waals surface area contributed by atoms with Crippen molar-refractivity contribution >= 4 is 5.91 Å². The Kier molecular flexibility index (Phi) is 1.76. The van der Waals surface area contributed by atoms with Gasteiger partial charge >= 0.3 is 0 Å². The summed E-state index contributed by atoms with van der Waals surface area (Å²) in [6.45, 7) is 0. The van der Waals surface area contributed by atoms with Crippen molar-refractivity contribution in [2.24, 2.45) is 12.8 Å². The normalized spacial score (nSPS) is 9.55. The molecule has 0 aliphatic carbocycles. The van der Waals surface area contributed by atoms with Crippen molar-refractivity contribution in [2.45, 2.75) is 0 Å². The summed E-state index contributed by atoms with van der Waals surface area (Å²) in [5, 5.41) is 0. The second-order valence-corrected chi connectivity index (χ2v) is 2.17. The molecule has 1 heterocycles. The maximum Gasteiger partial charge on any atom is 0.265 e. The number of hydrogen-bond donors (Lipinski definition) is 1. The van der Waals surface area contributed by atoms with Gasteiger partial charge in [-0.1, -0.05) is 6.07 Å². The number of pyridine rings is 1. The van der Waals surface area contributed by atoms with Crippen LogP contribution >= 0.6 is 0 Å². The molecule has 4 heteroatoms. The SMILES string of the molecule is Cn1c(C(N)=O)cccc1=O. The van der Waals surface area contributed by atoms with E-state index in [-0.39, 0.29) is 11.3 Å². The number of hydrogen-bond acceptors (Lipinski definition) is 2. The molecule has 1 aromatic heterocycles. The molecule has 0 spiro atoms. The Morgan fingerprint density at radius 1 is 1.55 bits per heavy atom. The maximum absolute atomic E-state index is 10.9. The summed E-state index contributed by atoms with van der Waals surface area (Å²) >= 11 is 0. The molecular weight excluding hydrogens is 144 g/mol. The van der Waals surface area contributed by atoms with Gasteiger partial charge in [-0.3, -0.25) is 9.59 Å². The lowest BCUT2D eigenvalue weighted by Gasteiger charge is -2.01. The first kappa shape index (κ1) is 7.53. The van der Waals surface area contributed by atoms with Gasteiger partial charge < -0.3 is 10.3 Å². The molecule has 2 N–H and O–H groups in total. The van der Waals surface area contributed by atoms with E-state index in [1.54, 1.807) is 0 Å². The van der Waals surface area contributed by atoms with E-state index in [4.69, 9.17) is 5.73 Å². The molecule has 0 radical (unpaired) electrons. The molecule has 4 nitrogen and oxygen atoms in total. The molecule has 0 unspecified atom stereocenters. The van der Waals surface area contributed by atoms with E-state index in [0.29, 0.717) is 0 Å². The summed E-state index contributed by atoms with van der Waals surface area (Å²) < 4.78 is 1.21. The van der Waals surface area contributed by atoms with Gasteiger partial charge in [0.05, 0.1) is 0 Å². The minimum Gasteiger partial charge on any atom is -0.364 e. The third-order valence-electron chi connectivity index (χ3n) is 1.44. The van der Waals surface area contributed by atoms with Crippen molar-refractivity contribution in [3.63, 3.8) is 0 Å². The lowest BCUT2D eigenvalue weighted by atomic mass is 10.3. The second-order valence-electron chi connectivity index (χ2n) is 2.17. The molecule has 0 aliphatic heterocycles. The van der Waals surface area contributed by atoms with E-state index in [9.17, 15) is 9.59 Å². The van der Waals surface area contributed by atoms with Crippen LogP contribution in [0.25, 0.3) is 0 Å². The number of aromatic nitrogens is 1. The molecule has 0 saturated heterocycles. The van der Waals surface area contributed by atoms with Crippen molar-refractivity contribution in [1.82, 2.24) is 4.57 Å². The van der Waals surface area contributed by atoms with Gasteiger partial charge in [0.1, 0.15) is 5.69 Å². The third-order valence-corrected chi connectivity index (χ3v) is 1.44. The van der Waals surface area contributed by atoms with Crippen molar-refractivity contribution in [3.05, 3.63) is 34.2 Å². The molecule has 1 rings (SSSR count). The van der Waals surface area contributed by atoms with Gasteiger partial charge in [-0.2, -0.15) is 0 Å². The summed E-state index contributed by atoms with van der Waals surface area (Å²) in [6.07, 6.45) is 0. The molecule has 0 aliphatic rings. The predicted octanol–water partition coefficient (Wildman–Crippen LogP) is -0.516. The molecule has 1 aromatic rings. The summed E-state index contributed by atoms with van der Waals surface area (Å²) in [6, 6.07) is 4.37. The van der Waals surface area contributed by atoms with Crippen molar-refractivity contribution in [1.29, 1.82) is 0 Å². The number of nitrogens with zero attached hydrogens (tertiary/aromatic N) is 1. The first-order chi connectivity index (χ1) is 5.13. The van der Waals surface area contributed by atoms with Crippen LogP contribution in [0.1, 0.15) is 10.5 Å². The average molecular weight is 152 g/mol. The van der Waals surface area contributed by atoms with Crippen LogP contribution in [0.5, 0.6) is 0 Å². The van der Waals surface area contributed by atoms with Crippen molar-refractivity contribution in [2.75, 3.05) is 0 Å². The minimum atomic E-state index is -0.592. The zero-order chi connectivity index (χ0) is 8.43. The average Bonchev–Trinajstić information content (AvgIpc) is 1.94. The minimum absolute atomic E-state index is 0.220. The Labute approximate surface area is 63.3 Å². The number of carbonyl (C=O) groups is 1. The molecular formula is C7H8N2O2. The van der Waals surface area contributed by atoms with Crippen LogP contribution in [0.15, 0.2) is 23.0 Å². The Morgan fingerprint density at radius 2 is 2.18 bits per heavy atom. The summed E-state index contributed by atoms with van der Waals surface area (Å²) in [7, 11) is 1.50. The largest absolute Gasteiger partial charge is 0.364 e. The maximum atomic E-state index is 10.9. The van der Waals surface area contributed by atoms with E-state index in [1.807, 2.05) is 0 Å². The van der Waals surface area contributed by atoms with E-state index >= 15 is 0 Å². The topological polar surface area (TPSA) is 65.1 Å². The Balaban J connectivity index is 3.39. The highest BCUT2D eigenvalue weighted by atomic mass is 16.2. The standard InChI is InChI=1S/C7H8N2O2/c1-9-5(7(8)11)3-2-4-6(9)10/h2-4H,1H3,(H2,8,11). The molecule has 0 atom stereocenters. The van der Waals surface area contributed by atoms with Crippen LogP contribution < -0.4 is 11.3 Å². The number of rotatable bonds is 1. The van der Waals surface area contributed by atoms with E-state index in [1.165, 1.54) is 29.8 Å². The summed E-state index contributed by atoms with van der Waals surface area (Å²) in [5.74, 6) is -0.592. The van der Waals surface area contributed by atoms with Crippen LogP contribution in [-0.4, -0.2) is 10.5 Å². The Bertz CT molecular complexity index is 341. The number of nitrogens with two attached hydrogens (primary N) is 1. The first-order valence-corrected chi connectivity index (χ1v) is 3.09. The highest BCUT2D eigenvalue weighted by Gasteiger charge is 2.02. The lowest BCUT2D eigenvalue weighted by molar-refractivity contribution is 0.0991. The summed E-state index contributed by atoms with van der Waals surface area (Å²) in [4.78, 5) is 21.5. The predicted molar refractivity (Wildman–Crippen MR) is 40.2 cm³/mol. The van der Waals surface area contributed by atoms with Gasteiger partial charge in [-0.05, 0) is 6.07 Å².